The molecule has 2 heterocycles. The molecular weight excluding hydrogens is 441 g/mol. The van der Waals surface area contributed by atoms with E-state index in [1.165, 1.54) is 0 Å². The van der Waals surface area contributed by atoms with E-state index in [0.717, 1.165) is 5.56 Å². The molecule has 0 aliphatic rings. The zero-order valence-electron chi connectivity index (χ0n) is 16.2. The Labute approximate surface area is 187 Å². The first-order chi connectivity index (χ1) is 15.1. The topological polar surface area (TPSA) is 90.6 Å². The molecule has 0 aliphatic carbocycles. The standard InChI is InChI=1S/C21H17Cl2N5O3/c22-15-6-7-16(23)17(12-15)31-13-19(29)24-10-11-30-20-9-8-18-25-26-21(28(18)27-20)14-4-2-1-3-5-14/h1-9,12H,10-11,13H2,(H,24,29). The Morgan fingerprint density at radius 1 is 1.00 bits per heavy atom. The molecule has 0 aliphatic heterocycles. The van der Waals surface area contributed by atoms with Crippen LogP contribution in [0.3, 0.4) is 0 Å². The third-order valence-corrected chi connectivity index (χ3v) is 4.74. The lowest BCUT2D eigenvalue weighted by Gasteiger charge is -2.10. The van der Waals surface area contributed by atoms with E-state index in [-0.39, 0.29) is 25.7 Å². The first-order valence-electron chi connectivity index (χ1n) is 9.35. The van der Waals surface area contributed by atoms with Gasteiger partial charge in [-0.25, -0.2) is 0 Å². The number of ether oxygens (including phenoxy) is 2. The largest absolute Gasteiger partial charge is 0.482 e. The second-order valence-electron chi connectivity index (χ2n) is 6.39. The molecule has 0 bridgehead atoms. The average molecular weight is 458 g/mol. The summed E-state index contributed by atoms with van der Waals surface area (Å²) in [6.45, 7) is 0.315. The number of benzene rings is 2. The maximum Gasteiger partial charge on any atom is 0.258 e. The van der Waals surface area contributed by atoms with E-state index in [9.17, 15) is 4.79 Å². The molecule has 4 rings (SSSR count). The van der Waals surface area contributed by atoms with Gasteiger partial charge in [0.05, 0.1) is 11.6 Å². The van der Waals surface area contributed by atoms with Gasteiger partial charge in [0.1, 0.15) is 12.4 Å². The van der Waals surface area contributed by atoms with Crippen molar-refractivity contribution in [3.8, 4) is 23.0 Å². The van der Waals surface area contributed by atoms with E-state index >= 15 is 0 Å². The zero-order valence-corrected chi connectivity index (χ0v) is 17.7. The molecule has 0 radical (unpaired) electrons. The maximum absolute atomic E-state index is 12.0. The summed E-state index contributed by atoms with van der Waals surface area (Å²) in [6, 6.07) is 17.9. The number of hydrogen-bond acceptors (Lipinski definition) is 6. The third kappa shape index (κ3) is 5.22. The average Bonchev–Trinajstić information content (AvgIpc) is 3.21. The highest BCUT2D eigenvalue weighted by Gasteiger charge is 2.10. The molecule has 31 heavy (non-hydrogen) atoms. The first kappa shape index (κ1) is 20.9. The Hall–Kier alpha value is -3.36. The minimum absolute atomic E-state index is 0.189. The van der Waals surface area contributed by atoms with Gasteiger partial charge in [0.25, 0.3) is 5.91 Å². The van der Waals surface area contributed by atoms with Gasteiger partial charge in [-0.2, -0.15) is 4.52 Å². The molecule has 0 saturated carbocycles. The van der Waals surface area contributed by atoms with Crippen LogP contribution in [0.15, 0.2) is 60.7 Å². The van der Waals surface area contributed by atoms with Crippen LogP contribution in [0.4, 0.5) is 0 Å². The number of carbonyl (C=O) groups is 1. The van der Waals surface area contributed by atoms with Crippen LogP contribution in [0.2, 0.25) is 10.0 Å². The molecule has 2 aromatic carbocycles. The second kappa shape index (κ2) is 9.63. The summed E-state index contributed by atoms with van der Waals surface area (Å²) in [5.74, 6) is 1.04. The van der Waals surface area contributed by atoms with E-state index in [1.807, 2.05) is 30.3 Å². The molecule has 0 saturated heterocycles. The van der Waals surface area contributed by atoms with Gasteiger partial charge in [-0.3, -0.25) is 4.79 Å². The number of carbonyl (C=O) groups excluding carboxylic acids is 1. The van der Waals surface area contributed by atoms with Crippen molar-refractivity contribution >= 4 is 34.8 Å². The van der Waals surface area contributed by atoms with Crippen LogP contribution >= 0.6 is 23.2 Å². The smallest absolute Gasteiger partial charge is 0.258 e. The molecule has 0 atom stereocenters. The molecule has 1 amide bonds. The van der Waals surface area contributed by atoms with Gasteiger partial charge in [-0.05, 0) is 18.2 Å². The lowest BCUT2D eigenvalue weighted by Crippen LogP contribution is -2.32. The summed E-state index contributed by atoms with van der Waals surface area (Å²) >= 11 is 11.9. The molecule has 0 spiro atoms. The molecular formula is C21H17Cl2N5O3. The lowest BCUT2D eigenvalue weighted by molar-refractivity contribution is -0.123. The van der Waals surface area contributed by atoms with Gasteiger partial charge in [0.2, 0.25) is 5.88 Å². The summed E-state index contributed by atoms with van der Waals surface area (Å²) < 4.78 is 12.6. The molecule has 8 nitrogen and oxygen atoms in total. The Morgan fingerprint density at radius 2 is 1.84 bits per heavy atom. The van der Waals surface area contributed by atoms with Crippen LogP contribution < -0.4 is 14.8 Å². The molecule has 10 heteroatoms. The predicted octanol–water partition coefficient (Wildman–Crippen LogP) is 3.67. The summed E-state index contributed by atoms with van der Waals surface area (Å²) in [7, 11) is 0. The predicted molar refractivity (Wildman–Crippen MR) is 117 cm³/mol. The van der Waals surface area contributed by atoms with Crippen molar-refractivity contribution in [2.75, 3.05) is 19.8 Å². The van der Waals surface area contributed by atoms with Crippen LogP contribution in [0.1, 0.15) is 0 Å². The number of hydrogen-bond donors (Lipinski definition) is 1. The van der Waals surface area contributed by atoms with Crippen LogP contribution in [0, 0.1) is 0 Å². The quantitative estimate of drug-likeness (QED) is 0.406. The number of rotatable bonds is 8. The highest BCUT2D eigenvalue weighted by Crippen LogP contribution is 2.27. The van der Waals surface area contributed by atoms with Crippen LogP contribution in [-0.4, -0.2) is 45.5 Å². The molecule has 158 valence electrons. The monoisotopic (exact) mass is 457 g/mol. The van der Waals surface area contributed by atoms with Crippen LogP contribution in [-0.2, 0) is 4.79 Å². The lowest BCUT2D eigenvalue weighted by atomic mass is 10.2. The number of halogens is 2. The fourth-order valence-corrected chi connectivity index (χ4v) is 3.08. The van der Waals surface area contributed by atoms with Crippen LogP contribution in [0.25, 0.3) is 17.0 Å². The minimum atomic E-state index is -0.312. The van der Waals surface area contributed by atoms with Gasteiger partial charge in [-0.15, -0.1) is 15.3 Å². The number of amides is 1. The summed E-state index contributed by atoms with van der Waals surface area (Å²) in [5, 5.41) is 16.3. The highest BCUT2D eigenvalue weighted by molar-refractivity contribution is 6.34. The van der Waals surface area contributed by atoms with Crippen molar-refractivity contribution < 1.29 is 14.3 Å². The van der Waals surface area contributed by atoms with Crippen molar-refractivity contribution in [3.05, 3.63) is 70.7 Å². The first-order valence-corrected chi connectivity index (χ1v) is 10.1. The van der Waals surface area contributed by atoms with E-state index in [2.05, 4.69) is 20.6 Å². The van der Waals surface area contributed by atoms with Gasteiger partial charge in [0.15, 0.2) is 18.1 Å². The van der Waals surface area contributed by atoms with E-state index in [1.54, 1.807) is 34.8 Å². The van der Waals surface area contributed by atoms with Gasteiger partial charge >= 0.3 is 0 Å². The van der Waals surface area contributed by atoms with Crippen molar-refractivity contribution in [1.29, 1.82) is 0 Å². The summed E-state index contributed by atoms with van der Waals surface area (Å²) in [5.41, 5.74) is 1.50. The fourth-order valence-electron chi connectivity index (χ4n) is 2.74. The Bertz CT molecular complexity index is 1200. The van der Waals surface area contributed by atoms with Crippen molar-refractivity contribution in [1.82, 2.24) is 25.1 Å². The Balaban J connectivity index is 1.28. The van der Waals surface area contributed by atoms with E-state index in [0.29, 0.717) is 33.1 Å². The number of nitrogens with zero attached hydrogens (tertiary/aromatic N) is 4. The molecule has 0 unspecified atom stereocenters. The van der Waals surface area contributed by atoms with E-state index < -0.39 is 0 Å². The molecule has 0 fully saturated rings. The molecule has 1 N–H and O–H groups in total. The second-order valence-corrected chi connectivity index (χ2v) is 7.24. The van der Waals surface area contributed by atoms with E-state index in [4.69, 9.17) is 32.7 Å². The molecule has 4 aromatic rings. The van der Waals surface area contributed by atoms with Gasteiger partial charge < -0.3 is 14.8 Å². The maximum atomic E-state index is 12.0. The fraction of sp³-hybridized carbons (Fsp3) is 0.143. The van der Waals surface area contributed by atoms with Crippen molar-refractivity contribution in [2.24, 2.45) is 0 Å². The minimum Gasteiger partial charge on any atom is -0.482 e. The highest BCUT2D eigenvalue weighted by atomic mass is 35.5. The van der Waals surface area contributed by atoms with Crippen molar-refractivity contribution in [3.63, 3.8) is 0 Å². The summed E-state index contributed by atoms with van der Waals surface area (Å²) in [6.07, 6.45) is 0. The van der Waals surface area contributed by atoms with Crippen LogP contribution in [0.5, 0.6) is 11.6 Å². The summed E-state index contributed by atoms with van der Waals surface area (Å²) in [4.78, 5) is 12.0. The van der Waals surface area contributed by atoms with Gasteiger partial charge in [-0.1, -0.05) is 53.5 Å². The van der Waals surface area contributed by atoms with Gasteiger partial charge in [0, 0.05) is 22.7 Å². The number of nitrogens with one attached hydrogen (secondary N) is 1. The zero-order chi connectivity index (χ0) is 21.6. The number of aromatic nitrogens is 4. The SMILES string of the molecule is O=C(COc1cc(Cl)ccc1Cl)NCCOc1ccc2nnc(-c3ccccc3)n2n1. The molecule has 2 aromatic heterocycles. The van der Waals surface area contributed by atoms with Crippen molar-refractivity contribution in [2.45, 2.75) is 0 Å². The third-order valence-electron chi connectivity index (χ3n) is 4.20. The number of fused-ring (bicyclic) bond motifs is 1. The Kier molecular flexibility index (Phi) is 6.49. The Morgan fingerprint density at radius 3 is 2.68 bits per heavy atom. The normalized spacial score (nSPS) is 10.8.